The molecule has 30 heteroatoms. The van der Waals surface area contributed by atoms with E-state index in [-0.39, 0.29) is 36.7 Å². The summed E-state index contributed by atoms with van der Waals surface area (Å²) >= 11 is 0. The van der Waals surface area contributed by atoms with Gasteiger partial charge in [-0.05, 0) is 56.8 Å². The monoisotopic (exact) mass is 1290 g/mol. The Bertz CT molecular complexity index is 2600. The summed E-state index contributed by atoms with van der Waals surface area (Å²) in [6, 6.07) is 0. The average molecular weight is 1300 g/mol. The Labute approximate surface area is 519 Å². The van der Waals surface area contributed by atoms with Crippen LogP contribution in [-0.4, -0.2) is 299 Å². The maximum atomic E-state index is 15.2. The number of aliphatic hydroxyl groups is 15. The van der Waals surface area contributed by atoms with Gasteiger partial charge in [-0.25, -0.2) is 0 Å². The van der Waals surface area contributed by atoms with Crippen LogP contribution < -0.4 is 0 Å². The van der Waals surface area contributed by atoms with Crippen molar-refractivity contribution in [3.63, 3.8) is 0 Å². The number of ketones is 2. The van der Waals surface area contributed by atoms with Gasteiger partial charge in [0.2, 0.25) is 0 Å². The Hall–Kier alpha value is -2.49. The summed E-state index contributed by atoms with van der Waals surface area (Å²) in [6.07, 6.45) is -43.8. The fourth-order valence-electron chi connectivity index (χ4n) is 17.1. The highest BCUT2D eigenvalue weighted by Gasteiger charge is 2.75. The summed E-state index contributed by atoms with van der Waals surface area (Å²) in [5.41, 5.74) is -2.42. The molecule has 514 valence electrons. The molecular weight excluding hydrogens is 1200 g/mol. The lowest BCUT2D eigenvalue weighted by Gasteiger charge is -2.63. The summed E-state index contributed by atoms with van der Waals surface area (Å²) < 4.78 is 72.9. The first-order valence-corrected chi connectivity index (χ1v) is 31.4. The SMILES string of the molecule is CCC(=O)[C@H]1O[C@@]2(CC[C@@]3(C)C4=C(CC[C@@]32C)[C@@]2(C)CC[C@H](O[C@@H]3O[C@H](CO[C@@H]5OC[C@H](O)[C@H](O)[C@H]5O[C@@H]5O[C@H](CO)[C@@H](O)[C@H](O[C@@H]6O[C@H](CO)[C@@H](O)[C@H](O)[C@H]6O)[C@H]5O[C@@H]5O[C@@H](C)[C@H](O)[C@@H](O)[C@H]5O)[C@@H](O)[C@H](O)[C@H]3O)[C@](C)(CO)[C@@H]2CC4=O)[C@H](C)[C@H]1OC(C)=O. The summed E-state index contributed by atoms with van der Waals surface area (Å²) in [6.45, 7) is 10.8. The van der Waals surface area contributed by atoms with Crippen LogP contribution in [0.4, 0.5) is 0 Å². The van der Waals surface area contributed by atoms with Gasteiger partial charge in [-0.2, -0.15) is 0 Å². The van der Waals surface area contributed by atoms with Crippen molar-refractivity contribution in [3.8, 4) is 0 Å². The van der Waals surface area contributed by atoms with Crippen molar-refractivity contribution < 1.29 is 148 Å². The summed E-state index contributed by atoms with van der Waals surface area (Å²) in [7, 11) is 0. The van der Waals surface area contributed by atoms with Crippen LogP contribution in [-0.2, 0) is 71.2 Å². The zero-order chi connectivity index (χ0) is 65.8. The van der Waals surface area contributed by atoms with Gasteiger partial charge in [0.15, 0.2) is 49.1 Å². The summed E-state index contributed by atoms with van der Waals surface area (Å²) in [5, 5.41) is 165. The molecule has 90 heavy (non-hydrogen) atoms. The number of hydrogen-bond acceptors (Lipinski definition) is 30. The van der Waals surface area contributed by atoms with Crippen molar-refractivity contribution in [2.75, 3.05) is 33.0 Å². The average Bonchev–Trinajstić information content (AvgIpc) is 1.40. The van der Waals surface area contributed by atoms with E-state index >= 15 is 4.79 Å². The van der Waals surface area contributed by atoms with Crippen molar-refractivity contribution in [2.24, 2.45) is 33.5 Å². The van der Waals surface area contributed by atoms with E-state index in [1.54, 1.807) is 13.8 Å². The minimum atomic E-state index is -2.08. The van der Waals surface area contributed by atoms with Gasteiger partial charge in [-0.15, -0.1) is 0 Å². The van der Waals surface area contributed by atoms with Crippen molar-refractivity contribution in [1.82, 2.24) is 0 Å². The van der Waals surface area contributed by atoms with Gasteiger partial charge in [-0.3, -0.25) is 14.4 Å². The smallest absolute Gasteiger partial charge is 0.303 e. The van der Waals surface area contributed by atoms with E-state index in [0.29, 0.717) is 32.1 Å². The van der Waals surface area contributed by atoms with Crippen LogP contribution in [0, 0.1) is 33.5 Å². The predicted octanol–water partition coefficient (Wildman–Crippen LogP) is -4.90. The summed E-state index contributed by atoms with van der Waals surface area (Å²) in [4.78, 5) is 41.0. The Kier molecular flexibility index (Phi) is 20.7. The number of fused-ring (bicyclic) bond motifs is 5. The zero-order valence-electron chi connectivity index (χ0n) is 51.8. The molecule has 6 aliphatic heterocycles. The molecule has 30 nitrogen and oxygen atoms in total. The lowest BCUT2D eigenvalue weighted by atomic mass is 9.42. The minimum absolute atomic E-state index is 0.0140. The van der Waals surface area contributed by atoms with Crippen LogP contribution in [0.3, 0.4) is 0 Å². The fourth-order valence-corrected chi connectivity index (χ4v) is 17.1. The van der Waals surface area contributed by atoms with E-state index < -0.39 is 238 Å². The number of esters is 1. The van der Waals surface area contributed by atoms with Gasteiger partial charge < -0.3 is 133 Å². The van der Waals surface area contributed by atoms with Crippen molar-refractivity contribution in [1.29, 1.82) is 0 Å². The van der Waals surface area contributed by atoms with E-state index in [2.05, 4.69) is 20.8 Å². The molecule has 0 radical (unpaired) electrons. The maximum absolute atomic E-state index is 15.2. The number of rotatable bonds is 17. The molecular formula is C60H94O30. The Morgan fingerprint density at radius 3 is 1.79 bits per heavy atom. The fraction of sp³-hybridized carbons (Fsp3) is 0.917. The number of ether oxygens (including phenoxy) is 12. The molecule has 10 aliphatic rings. The standard InChI is InChI=1S/C60H94O30/c1-9-26(65)47-46(82-24(4)64)22(2)60(90-47)15-14-58(7)34-25(10-13-59(58,60)8)56(5)12-11-33(57(6,21-63)32(56)16-27(34)66)86-52-44(77)42(75)38(71)31(85-52)20-80-54-49(36(69)28(67)19-79-54)88-55-50(89-51-43(76)40(73)35(68)23(3)81-51)48(39(72)30(18-62)84-55)87-53-45(78)41(74)37(70)29(17-61)83-53/h22-23,28-33,35-55,61-63,67-78H,9-21H2,1-8H3/t22-,23+,28+,29-,30-,31-,32-,33+,35+,36+,37-,38-,39-,40-,41+,42+,43-,44-,45-,46-,47-,48+,49-,50-,51+,52+,53+,54+,55+,56-,57-,58+,59+,60+/m1/s1. The number of allylic oxidation sites excluding steroid dienone is 2. The molecule has 2 saturated carbocycles. The molecule has 0 aromatic carbocycles. The lowest BCUT2D eigenvalue weighted by molar-refractivity contribution is -0.406. The molecule has 6 saturated heterocycles. The van der Waals surface area contributed by atoms with E-state index in [4.69, 9.17) is 56.8 Å². The molecule has 8 fully saturated rings. The van der Waals surface area contributed by atoms with Crippen molar-refractivity contribution >= 4 is 17.5 Å². The highest BCUT2D eigenvalue weighted by Crippen LogP contribution is 2.75. The van der Waals surface area contributed by atoms with Gasteiger partial charge in [0, 0.05) is 47.5 Å². The molecule has 34 atom stereocenters. The Morgan fingerprint density at radius 2 is 1.17 bits per heavy atom. The second-order valence-electron chi connectivity index (χ2n) is 27.6. The molecule has 10 rings (SSSR count). The van der Waals surface area contributed by atoms with E-state index in [1.165, 1.54) is 13.8 Å². The molecule has 0 unspecified atom stereocenters. The van der Waals surface area contributed by atoms with Gasteiger partial charge in [0.05, 0.1) is 50.8 Å². The third-order valence-electron chi connectivity index (χ3n) is 22.8. The van der Waals surface area contributed by atoms with E-state index in [1.807, 2.05) is 6.92 Å². The Balaban J connectivity index is 0.869. The van der Waals surface area contributed by atoms with Gasteiger partial charge >= 0.3 is 5.97 Å². The highest BCUT2D eigenvalue weighted by molar-refractivity contribution is 5.99. The topological polar surface area (TPSA) is 465 Å². The van der Waals surface area contributed by atoms with Crippen molar-refractivity contribution in [2.45, 2.75) is 278 Å². The number of Topliss-reactive ketones (excluding diaryl/α,β-unsaturated/α-hetero) is 2. The molecule has 0 aromatic rings. The van der Waals surface area contributed by atoms with Crippen LogP contribution in [0.5, 0.6) is 0 Å². The van der Waals surface area contributed by atoms with Crippen LogP contribution in [0.15, 0.2) is 11.1 Å². The number of carbonyl (C=O) groups excluding carboxylic acids is 3. The molecule has 0 aromatic heterocycles. The number of hydrogen-bond donors (Lipinski definition) is 15. The van der Waals surface area contributed by atoms with Crippen LogP contribution >= 0.6 is 0 Å². The molecule has 0 amide bonds. The largest absolute Gasteiger partial charge is 0.459 e. The first kappa shape index (κ1) is 70.3. The van der Waals surface area contributed by atoms with E-state index in [0.717, 1.165) is 11.1 Å². The minimum Gasteiger partial charge on any atom is -0.459 e. The number of carbonyl (C=O) groups is 3. The van der Waals surface area contributed by atoms with Crippen LogP contribution in [0.2, 0.25) is 0 Å². The molecule has 4 aliphatic carbocycles. The molecule has 0 bridgehead atoms. The third kappa shape index (κ3) is 11.5. The molecule has 6 heterocycles. The molecule has 15 N–H and O–H groups in total. The normalized spacial score (nSPS) is 53.1. The zero-order valence-corrected chi connectivity index (χ0v) is 51.8. The predicted molar refractivity (Wildman–Crippen MR) is 297 cm³/mol. The maximum Gasteiger partial charge on any atom is 0.303 e. The molecule has 1 spiro atoms. The van der Waals surface area contributed by atoms with Gasteiger partial charge in [0.25, 0.3) is 0 Å². The number of aliphatic hydroxyl groups excluding tert-OH is 15. The van der Waals surface area contributed by atoms with Gasteiger partial charge in [0.1, 0.15) is 116 Å². The van der Waals surface area contributed by atoms with Gasteiger partial charge in [-0.1, -0.05) is 47.1 Å². The first-order chi connectivity index (χ1) is 42.3. The highest BCUT2D eigenvalue weighted by atomic mass is 16.8. The summed E-state index contributed by atoms with van der Waals surface area (Å²) in [5.74, 6) is -1.69. The van der Waals surface area contributed by atoms with E-state index in [9.17, 15) is 86.2 Å². The quantitative estimate of drug-likeness (QED) is 0.0607. The third-order valence-corrected chi connectivity index (χ3v) is 22.8. The Morgan fingerprint density at radius 1 is 0.600 bits per heavy atom. The van der Waals surface area contributed by atoms with Crippen LogP contribution in [0.25, 0.3) is 0 Å². The second-order valence-corrected chi connectivity index (χ2v) is 27.6. The lowest BCUT2D eigenvalue weighted by Crippen LogP contribution is -2.68. The first-order valence-electron chi connectivity index (χ1n) is 31.4. The van der Waals surface area contributed by atoms with Crippen LogP contribution in [0.1, 0.15) is 107 Å². The second kappa shape index (κ2) is 26.5. The van der Waals surface area contributed by atoms with Crippen molar-refractivity contribution in [3.05, 3.63) is 11.1 Å².